The van der Waals surface area contributed by atoms with Crippen LogP contribution in [0.5, 0.6) is 11.6 Å². The van der Waals surface area contributed by atoms with E-state index in [9.17, 15) is 9.59 Å². The minimum absolute atomic E-state index is 0.175. The largest absolute Gasteiger partial charge is 0.436 e. The van der Waals surface area contributed by atoms with Gasteiger partial charge in [0, 0.05) is 10.7 Å². The smallest absolute Gasteiger partial charge is 0.351 e. The van der Waals surface area contributed by atoms with Crippen molar-refractivity contribution in [3.8, 4) is 11.6 Å². The van der Waals surface area contributed by atoms with Crippen LogP contribution in [-0.2, 0) is 17.8 Å². The average Bonchev–Trinajstić information content (AvgIpc) is 3.18. The summed E-state index contributed by atoms with van der Waals surface area (Å²) in [6.07, 6.45) is 0.912. The molecule has 0 saturated carbocycles. The Morgan fingerprint density at radius 2 is 1.86 bits per heavy atom. The molecule has 0 atom stereocenters. The first-order chi connectivity index (χ1) is 16.9. The fourth-order valence-electron chi connectivity index (χ4n) is 3.75. The van der Waals surface area contributed by atoms with Crippen molar-refractivity contribution < 1.29 is 9.53 Å². The number of amides is 1. The van der Waals surface area contributed by atoms with Gasteiger partial charge in [-0.05, 0) is 60.9 Å². The summed E-state index contributed by atoms with van der Waals surface area (Å²) < 4.78 is 8.54. The standard InChI is InChI=1S/C26H22ClN5O3/c1-3-17-9-12-19(13-10-17)35-25-24-30-31(15-23(33)28-18-11-8-16(2)20(27)14-18)26(34)32(24)22-7-5-4-6-21(22)29-25/h4-14H,3,15H2,1-2H3,(H,28,33). The van der Waals surface area contributed by atoms with Crippen LogP contribution >= 0.6 is 11.6 Å². The van der Waals surface area contributed by atoms with Crippen LogP contribution in [0.2, 0.25) is 5.02 Å². The second-order valence-corrected chi connectivity index (χ2v) is 8.52. The van der Waals surface area contributed by atoms with Crippen LogP contribution < -0.4 is 15.7 Å². The first kappa shape index (κ1) is 22.6. The summed E-state index contributed by atoms with van der Waals surface area (Å²) >= 11 is 6.15. The highest BCUT2D eigenvalue weighted by Crippen LogP contribution is 2.26. The molecule has 1 amide bonds. The van der Waals surface area contributed by atoms with Gasteiger partial charge < -0.3 is 10.1 Å². The number of carbonyl (C=O) groups is 1. The van der Waals surface area contributed by atoms with Crippen LogP contribution in [-0.4, -0.2) is 25.1 Å². The summed E-state index contributed by atoms with van der Waals surface area (Å²) in [4.78, 5) is 30.6. The van der Waals surface area contributed by atoms with E-state index in [4.69, 9.17) is 16.3 Å². The highest BCUT2D eigenvalue weighted by molar-refractivity contribution is 6.31. The lowest BCUT2D eigenvalue weighted by atomic mass is 10.2. The van der Waals surface area contributed by atoms with Crippen molar-refractivity contribution in [3.63, 3.8) is 0 Å². The van der Waals surface area contributed by atoms with E-state index in [0.717, 1.165) is 16.7 Å². The summed E-state index contributed by atoms with van der Waals surface area (Å²) in [5, 5.41) is 7.69. The quantitative estimate of drug-likeness (QED) is 0.364. The number of benzene rings is 3. The summed E-state index contributed by atoms with van der Waals surface area (Å²) in [6, 6.07) is 20.1. The van der Waals surface area contributed by atoms with Gasteiger partial charge in [-0.2, -0.15) is 0 Å². The van der Waals surface area contributed by atoms with E-state index in [0.29, 0.717) is 27.5 Å². The van der Waals surface area contributed by atoms with Crippen LogP contribution in [0.1, 0.15) is 18.1 Å². The van der Waals surface area contributed by atoms with Crippen molar-refractivity contribution in [2.24, 2.45) is 0 Å². The molecule has 0 aliphatic carbocycles. The number of para-hydroxylation sites is 2. The number of aromatic nitrogens is 4. The molecule has 5 aromatic rings. The zero-order valence-corrected chi connectivity index (χ0v) is 19.9. The predicted octanol–water partition coefficient (Wildman–Crippen LogP) is 5.00. The molecule has 3 aromatic carbocycles. The Balaban J connectivity index is 1.53. The molecule has 0 aliphatic rings. The van der Waals surface area contributed by atoms with Gasteiger partial charge in [0.1, 0.15) is 12.3 Å². The first-order valence-corrected chi connectivity index (χ1v) is 11.5. The van der Waals surface area contributed by atoms with Gasteiger partial charge in [-0.15, -0.1) is 5.10 Å². The van der Waals surface area contributed by atoms with Gasteiger partial charge >= 0.3 is 5.69 Å². The third-order valence-corrected chi connectivity index (χ3v) is 6.08. The molecule has 0 aliphatic heterocycles. The lowest BCUT2D eigenvalue weighted by Crippen LogP contribution is -2.28. The topological polar surface area (TPSA) is 90.5 Å². The molecule has 9 heteroatoms. The summed E-state index contributed by atoms with van der Waals surface area (Å²) in [6.45, 7) is 3.66. The van der Waals surface area contributed by atoms with Crippen molar-refractivity contribution in [1.29, 1.82) is 0 Å². The van der Waals surface area contributed by atoms with Gasteiger partial charge in [-0.1, -0.05) is 48.9 Å². The van der Waals surface area contributed by atoms with E-state index in [2.05, 4.69) is 22.3 Å². The zero-order chi connectivity index (χ0) is 24.5. The van der Waals surface area contributed by atoms with Crippen molar-refractivity contribution in [3.05, 3.63) is 93.4 Å². The summed E-state index contributed by atoms with van der Waals surface area (Å²) in [5.74, 6) is 0.336. The Morgan fingerprint density at radius 3 is 2.60 bits per heavy atom. The molecule has 8 nitrogen and oxygen atoms in total. The van der Waals surface area contributed by atoms with Crippen LogP contribution in [0.4, 0.5) is 5.69 Å². The fourth-order valence-corrected chi connectivity index (χ4v) is 3.93. The maximum absolute atomic E-state index is 13.3. The Kier molecular flexibility index (Phi) is 5.96. The fraction of sp³-hybridized carbons (Fsp3) is 0.154. The second kappa shape index (κ2) is 9.23. The van der Waals surface area contributed by atoms with E-state index in [1.165, 1.54) is 9.96 Å². The second-order valence-electron chi connectivity index (χ2n) is 8.12. The number of nitrogens with zero attached hydrogens (tertiary/aromatic N) is 4. The number of fused-ring (bicyclic) bond motifs is 3. The Morgan fingerprint density at radius 1 is 1.09 bits per heavy atom. The maximum atomic E-state index is 13.3. The monoisotopic (exact) mass is 487 g/mol. The molecule has 5 rings (SSSR count). The molecule has 0 saturated heterocycles. The molecule has 2 heterocycles. The van der Waals surface area contributed by atoms with Crippen molar-refractivity contribution >= 4 is 39.9 Å². The third kappa shape index (κ3) is 4.48. The van der Waals surface area contributed by atoms with Crippen molar-refractivity contribution in [1.82, 2.24) is 19.2 Å². The minimum atomic E-state index is -0.470. The van der Waals surface area contributed by atoms with Crippen LogP contribution in [0.3, 0.4) is 0 Å². The maximum Gasteiger partial charge on any atom is 0.351 e. The van der Waals surface area contributed by atoms with Gasteiger partial charge in [0.15, 0.2) is 0 Å². The van der Waals surface area contributed by atoms with Gasteiger partial charge in [-0.3, -0.25) is 4.79 Å². The molecular weight excluding hydrogens is 466 g/mol. The number of ether oxygens (including phenoxy) is 1. The van der Waals surface area contributed by atoms with E-state index < -0.39 is 11.6 Å². The average molecular weight is 488 g/mol. The van der Waals surface area contributed by atoms with Crippen LogP contribution in [0.15, 0.2) is 71.5 Å². The molecule has 0 unspecified atom stereocenters. The molecule has 0 bridgehead atoms. The number of rotatable bonds is 6. The highest BCUT2D eigenvalue weighted by Gasteiger charge is 2.19. The third-order valence-electron chi connectivity index (χ3n) is 5.67. The summed E-state index contributed by atoms with van der Waals surface area (Å²) in [5.41, 5.74) is 3.50. The lowest BCUT2D eigenvalue weighted by molar-refractivity contribution is -0.117. The molecule has 2 aromatic heterocycles. The number of hydrogen-bond acceptors (Lipinski definition) is 5. The van der Waals surface area contributed by atoms with E-state index >= 15 is 0 Å². The number of aryl methyl sites for hydroxylation is 2. The molecular formula is C26H22ClN5O3. The SMILES string of the molecule is CCc1ccc(Oc2nc3ccccc3n3c(=O)n(CC(=O)Nc4ccc(C)c(Cl)c4)nc23)cc1. The number of carbonyl (C=O) groups excluding carboxylic acids is 1. The Labute approximate surface area is 205 Å². The van der Waals surface area contributed by atoms with Crippen LogP contribution in [0, 0.1) is 6.92 Å². The van der Waals surface area contributed by atoms with Crippen LogP contribution in [0.25, 0.3) is 16.7 Å². The number of halogens is 1. The lowest BCUT2D eigenvalue weighted by Gasteiger charge is -2.08. The van der Waals surface area contributed by atoms with E-state index in [-0.39, 0.29) is 18.1 Å². The van der Waals surface area contributed by atoms with Crippen molar-refractivity contribution in [2.75, 3.05) is 5.32 Å². The van der Waals surface area contributed by atoms with Gasteiger partial charge in [0.2, 0.25) is 11.6 Å². The van der Waals surface area contributed by atoms with Gasteiger partial charge in [0.25, 0.3) is 5.88 Å². The molecule has 176 valence electrons. The first-order valence-electron chi connectivity index (χ1n) is 11.1. The zero-order valence-electron chi connectivity index (χ0n) is 19.2. The van der Waals surface area contributed by atoms with E-state index in [1.54, 1.807) is 24.3 Å². The minimum Gasteiger partial charge on any atom is -0.436 e. The number of nitrogens with one attached hydrogen (secondary N) is 1. The molecule has 0 spiro atoms. The van der Waals surface area contributed by atoms with E-state index in [1.807, 2.05) is 49.4 Å². The molecule has 35 heavy (non-hydrogen) atoms. The molecule has 0 radical (unpaired) electrons. The normalized spacial score (nSPS) is 11.2. The highest BCUT2D eigenvalue weighted by atomic mass is 35.5. The Hall–Kier alpha value is -4.17. The number of anilines is 1. The van der Waals surface area contributed by atoms with Gasteiger partial charge in [-0.25, -0.2) is 18.9 Å². The molecule has 1 N–H and O–H groups in total. The number of hydrogen-bond donors (Lipinski definition) is 1. The summed E-state index contributed by atoms with van der Waals surface area (Å²) in [7, 11) is 0. The molecule has 0 fully saturated rings. The predicted molar refractivity (Wildman–Crippen MR) is 135 cm³/mol. The van der Waals surface area contributed by atoms with Crippen molar-refractivity contribution in [2.45, 2.75) is 26.8 Å². The van der Waals surface area contributed by atoms with Gasteiger partial charge in [0.05, 0.1) is 11.0 Å². The Bertz CT molecular complexity index is 1620.